The van der Waals surface area contributed by atoms with Crippen LogP contribution < -0.4 is 0 Å². The lowest BCUT2D eigenvalue weighted by molar-refractivity contribution is -0.128. The number of carbonyl (C=O) groups is 2. The van der Waals surface area contributed by atoms with Crippen LogP contribution in [-0.2, 0) is 9.59 Å². The van der Waals surface area contributed by atoms with E-state index in [1.165, 1.54) is 24.8 Å². The van der Waals surface area contributed by atoms with Gasteiger partial charge in [-0.3, -0.25) is 9.59 Å². The predicted octanol–water partition coefficient (Wildman–Crippen LogP) is 4.94. The van der Waals surface area contributed by atoms with Gasteiger partial charge >= 0.3 is 0 Å². The molecule has 24 heavy (non-hydrogen) atoms. The van der Waals surface area contributed by atoms with Crippen molar-refractivity contribution >= 4 is 23.2 Å². The van der Waals surface area contributed by atoms with Gasteiger partial charge in [0.1, 0.15) is 5.78 Å². The highest BCUT2D eigenvalue weighted by atomic mass is 35.5. The fourth-order valence-corrected chi connectivity index (χ4v) is 7.78. The molecule has 4 aliphatic rings. The average Bonchev–Trinajstić information content (AvgIpc) is 2.91. The first-order valence-corrected chi connectivity index (χ1v) is 10.3. The standard InChI is InChI=1S/C21H29ClO2/c1-13(23)17-5-6-18-16-4-3-14-11-15(24)7-10-21(14,12-22)19(16)8-9-20(17,18)2/h11,16-19H,3-10,12H2,1-2H3/t16-,17+,18-,19-,20+,21+/m0/s1. The molecule has 0 aromatic rings. The second kappa shape index (κ2) is 5.69. The van der Waals surface area contributed by atoms with Crippen LogP contribution in [0.1, 0.15) is 65.2 Å². The first kappa shape index (κ1) is 16.8. The van der Waals surface area contributed by atoms with Crippen molar-refractivity contribution in [3.05, 3.63) is 11.6 Å². The minimum Gasteiger partial charge on any atom is -0.300 e. The molecule has 0 aromatic heterocycles. The molecular weight excluding hydrogens is 320 g/mol. The molecule has 0 radical (unpaired) electrons. The molecule has 0 saturated heterocycles. The fourth-order valence-electron chi connectivity index (χ4n) is 7.28. The minimum absolute atomic E-state index is 0.0635. The third kappa shape index (κ3) is 2.14. The number of alkyl halides is 1. The van der Waals surface area contributed by atoms with Crippen LogP contribution in [0.4, 0.5) is 0 Å². The number of hydrogen-bond donors (Lipinski definition) is 0. The van der Waals surface area contributed by atoms with Crippen molar-refractivity contribution < 1.29 is 9.59 Å². The molecule has 4 aliphatic carbocycles. The molecule has 3 fully saturated rings. The lowest BCUT2D eigenvalue weighted by Gasteiger charge is -2.58. The number of allylic oxidation sites excluding steroid dienone is 1. The molecule has 0 N–H and O–H groups in total. The van der Waals surface area contributed by atoms with E-state index in [4.69, 9.17) is 11.6 Å². The molecule has 0 aromatic carbocycles. The van der Waals surface area contributed by atoms with Crippen LogP contribution in [0.2, 0.25) is 0 Å². The van der Waals surface area contributed by atoms with Crippen molar-refractivity contribution in [2.75, 3.05) is 5.88 Å². The van der Waals surface area contributed by atoms with Crippen LogP contribution in [0.3, 0.4) is 0 Å². The van der Waals surface area contributed by atoms with Crippen LogP contribution >= 0.6 is 11.6 Å². The number of Topliss-reactive ketones (excluding diaryl/α,β-unsaturated/α-hetero) is 1. The summed E-state index contributed by atoms with van der Waals surface area (Å²) in [5.74, 6) is 3.59. The van der Waals surface area contributed by atoms with Gasteiger partial charge in [0, 0.05) is 23.6 Å². The molecule has 2 nitrogen and oxygen atoms in total. The van der Waals surface area contributed by atoms with Gasteiger partial charge < -0.3 is 0 Å². The van der Waals surface area contributed by atoms with E-state index < -0.39 is 0 Å². The fraction of sp³-hybridized carbons (Fsp3) is 0.810. The monoisotopic (exact) mass is 348 g/mol. The van der Waals surface area contributed by atoms with E-state index in [0.717, 1.165) is 25.7 Å². The maximum Gasteiger partial charge on any atom is 0.155 e. The van der Waals surface area contributed by atoms with Crippen molar-refractivity contribution in [3.63, 3.8) is 0 Å². The predicted molar refractivity (Wildman–Crippen MR) is 95.9 cm³/mol. The van der Waals surface area contributed by atoms with Crippen LogP contribution in [0, 0.1) is 34.5 Å². The zero-order chi connectivity index (χ0) is 17.1. The highest BCUT2D eigenvalue weighted by molar-refractivity contribution is 6.18. The van der Waals surface area contributed by atoms with Crippen molar-refractivity contribution in [1.82, 2.24) is 0 Å². The maximum absolute atomic E-state index is 12.2. The smallest absolute Gasteiger partial charge is 0.155 e. The Morgan fingerprint density at radius 3 is 2.67 bits per heavy atom. The largest absolute Gasteiger partial charge is 0.300 e. The number of fused-ring (bicyclic) bond motifs is 5. The summed E-state index contributed by atoms with van der Waals surface area (Å²) >= 11 is 6.56. The summed E-state index contributed by atoms with van der Waals surface area (Å²) in [6, 6.07) is 0. The average molecular weight is 349 g/mol. The Bertz CT molecular complexity index is 609. The highest BCUT2D eigenvalue weighted by Crippen LogP contribution is 2.66. The summed E-state index contributed by atoms with van der Waals surface area (Å²) < 4.78 is 0. The van der Waals surface area contributed by atoms with Crippen LogP contribution in [0.5, 0.6) is 0 Å². The number of halogens is 1. The zero-order valence-electron chi connectivity index (χ0n) is 14.9. The van der Waals surface area contributed by atoms with E-state index in [2.05, 4.69) is 6.92 Å². The minimum atomic E-state index is 0.0635. The Morgan fingerprint density at radius 1 is 1.17 bits per heavy atom. The zero-order valence-corrected chi connectivity index (χ0v) is 15.7. The molecule has 132 valence electrons. The molecule has 0 heterocycles. The Hall–Kier alpha value is -0.630. The summed E-state index contributed by atoms with van der Waals surface area (Å²) in [4.78, 5) is 24.1. The number of rotatable bonds is 2. The normalized spacial score (nSPS) is 47.5. The van der Waals surface area contributed by atoms with Gasteiger partial charge in [-0.05, 0) is 81.1 Å². The lowest BCUT2D eigenvalue weighted by atomic mass is 9.46. The SMILES string of the molecule is CC(=O)[C@H]1CC[C@H]2[C@@H]3CCC4=CC(=O)CC[C@]4(CCl)[C@H]3CC[C@]12C. The van der Waals surface area contributed by atoms with E-state index >= 15 is 0 Å². The van der Waals surface area contributed by atoms with Crippen LogP contribution in [0.15, 0.2) is 11.6 Å². The summed E-state index contributed by atoms with van der Waals surface area (Å²) in [6.07, 6.45) is 10.4. The molecular formula is C21H29ClO2. The number of hydrogen-bond acceptors (Lipinski definition) is 2. The third-order valence-electron chi connectivity index (χ3n) is 8.42. The highest BCUT2D eigenvalue weighted by Gasteiger charge is 2.60. The van der Waals surface area contributed by atoms with E-state index in [0.29, 0.717) is 41.6 Å². The van der Waals surface area contributed by atoms with E-state index in [9.17, 15) is 9.59 Å². The maximum atomic E-state index is 12.2. The van der Waals surface area contributed by atoms with E-state index in [1.54, 1.807) is 6.92 Å². The van der Waals surface area contributed by atoms with Crippen molar-refractivity contribution in [3.8, 4) is 0 Å². The Balaban J connectivity index is 1.69. The topological polar surface area (TPSA) is 34.1 Å². The Kier molecular flexibility index (Phi) is 3.99. The van der Waals surface area contributed by atoms with Gasteiger partial charge in [0.25, 0.3) is 0 Å². The van der Waals surface area contributed by atoms with Crippen LogP contribution in [0.25, 0.3) is 0 Å². The summed E-state index contributed by atoms with van der Waals surface area (Å²) in [6.45, 7) is 4.18. The molecule has 0 spiro atoms. The summed E-state index contributed by atoms with van der Waals surface area (Å²) in [7, 11) is 0. The molecule has 4 rings (SSSR count). The van der Waals surface area contributed by atoms with Gasteiger partial charge in [-0.1, -0.05) is 12.5 Å². The van der Waals surface area contributed by atoms with Crippen molar-refractivity contribution in [2.45, 2.75) is 65.2 Å². The van der Waals surface area contributed by atoms with Gasteiger partial charge in [0.05, 0.1) is 0 Å². The van der Waals surface area contributed by atoms with Gasteiger partial charge in [-0.2, -0.15) is 0 Å². The molecule has 0 amide bonds. The van der Waals surface area contributed by atoms with Gasteiger partial charge in [-0.15, -0.1) is 11.6 Å². The van der Waals surface area contributed by atoms with Gasteiger partial charge in [0.15, 0.2) is 5.78 Å². The first-order valence-electron chi connectivity index (χ1n) is 9.72. The van der Waals surface area contributed by atoms with Gasteiger partial charge in [0.2, 0.25) is 0 Å². The van der Waals surface area contributed by atoms with E-state index in [1.807, 2.05) is 6.08 Å². The molecule has 0 aliphatic heterocycles. The Labute approximate surface area is 150 Å². The van der Waals surface area contributed by atoms with Crippen molar-refractivity contribution in [1.29, 1.82) is 0 Å². The first-order chi connectivity index (χ1) is 11.4. The second-order valence-corrected chi connectivity index (χ2v) is 9.39. The molecule has 0 bridgehead atoms. The third-order valence-corrected chi connectivity index (χ3v) is 8.89. The molecule has 0 unspecified atom stereocenters. The summed E-state index contributed by atoms with van der Waals surface area (Å²) in [5.41, 5.74) is 1.61. The second-order valence-electron chi connectivity index (χ2n) is 9.13. The Morgan fingerprint density at radius 2 is 1.96 bits per heavy atom. The summed E-state index contributed by atoms with van der Waals surface area (Å²) in [5, 5.41) is 0. The van der Waals surface area contributed by atoms with Crippen molar-refractivity contribution in [2.24, 2.45) is 34.5 Å². The molecule has 3 saturated carbocycles. The number of ketones is 2. The number of carbonyl (C=O) groups excluding carboxylic acids is 2. The molecule has 6 atom stereocenters. The van der Waals surface area contributed by atoms with E-state index in [-0.39, 0.29) is 16.7 Å². The molecule has 3 heteroatoms. The van der Waals surface area contributed by atoms with Gasteiger partial charge in [-0.25, -0.2) is 0 Å². The lowest BCUT2D eigenvalue weighted by Crippen LogP contribution is -2.52. The van der Waals surface area contributed by atoms with Crippen LogP contribution in [-0.4, -0.2) is 17.4 Å². The quantitative estimate of drug-likeness (QED) is 0.662.